The van der Waals surface area contributed by atoms with Gasteiger partial charge in [-0.05, 0) is 23.8 Å². The van der Waals surface area contributed by atoms with Gasteiger partial charge in [0.05, 0.1) is 28.3 Å². The third-order valence-electron chi connectivity index (χ3n) is 4.21. The average Bonchev–Trinajstić information content (AvgIpc) is 3.23. The van der Waals surface area contributed by atoms with Crippen molar-refractivity contribution in [1.82, 2.24) is 14.3 Å². The number of rotatable bonds is 5. The molecule has 0 aliphatic rings. The highest BCUT2D eigenvalue weighted by molar-refractivity contribution is 6.42. The first kappa shape index (κ1) is 18.3. The number of fused-ring (bicyclic) bond motifs is 1. The Bertz CT molecular complexity index is 1230. The number of nitrogens with one attached hydrogen (secondary N) is 1. The minimum absolute atomic E-state index is 0.182. The van der Waals surface area contributed by atoms with Gasteiger partial charge in [-0.15, -0.1) is 0 Å². The third-order valence-corrected chi connectivity index (χ3v) is 5.07. The van der Waals surface area contributed by atoms with E-state index in [1.807, 2.05) is 6.07 Å². The summed E-state index contributed by atoms with van der Waals surface area (Å²) in [5.41, 5.74) is 1.76. The van der Waals surface area contributed by atoms with E-state index in [2.05, 4.69) is 10.4 Å². The van der Waals surface area contributed by atoms with Gasteiger partial charge in [0.2, 0.25) is 5.91 Å². The number of halogens is 2. The lowest BCUT2D eigenvalue weighted by atomic mass is 10.2. The summed E-state index contributed by atoms with van der Waals surface area (Å²) < 4.78 is 8.01. The van der Waals surface area contributed by atoms with Crippen molar-refractivity contribution >= 4 is 46.0 Å². The Balaban J connectivity index is 1.53. The number of aromatic nitrogens is 3. The average molecular weight is 417 g/mol. The number of benzene rings is 2. The molecule has 1 amide bonds. The molecule has 0 fully saturated rings. The zero-order valence-corrected chi connectivity index (χ0v) is 15.9. The molecule has 0 saturated heterocycles. The minimum atomic E-state index is -0.587. The van der Waals surface area contributed by atoms with Crippen molar-refractivity contribution in [2.24, 2.45) is 0 Å². The predicted octanol–water partition coefficient (Wildman–Crippen LogP) is 3.78. The number of hydrogen-bond donors (Lipinski definition) is 1. The number of para-hydroxylation sites is 2. The maximum absolute atomic E-state index is 12.5. The number of amides is 1. The number of carbonyl (C=O) groups excluding carboxylic acids is 1. The molecule has 4 rings (SSSR count). The lowest BCUT2D eigenvalue weighted by molar-refractivity contribution is -0.116. The number of nitrogens with zero attached hydrogens (tertiary/aromatic N) is 3. The molecule has 2 aromatic heterocycles. The first-order chi connectivity index (χ1) is 13.5. The number of hydrogen-bond acceptors (Lipinski definition) is 4. The normalized spacial score (nSPS) is 11.1. The van der Waals surface area contributed by atoms with E-state index in [-0.39, 0.29) is 12.5 Å². The van der Waals surface area contributed by atoms with Crippen LogP contribution in [0.25, 0.3) is 11.1 Å². The van der Waals surface area contributed by atoms with Gasteiger partial charge in [-0.3, -0.25) is 9.36 Å². The van der Waals surface area contributed by atoms with E-state index in [1.165, 1.54) is 4.57 Å². The van der Waals surface area contributed by atoms with Gasteiger partial charge < -0.3 is 9.73 Å². The molecule has 0 unspecified atom stereocenters. The van der Waals surface area contributed by atoms with Crippen LogP contribution >= 0.6 is 23.2 Å². The SMILES string of the molecule is O=C(Cn1c(=O)oc2ccccc21)Nc1ccnn1Cc1cccc(Cl)c1Cl. The highest BCUT2D eigenvalue weighted by Crippen LogP contribution is 2.26. The van der Waals surface area contributed by atoms with Crippen molar-refractivity contribution < 1.29 is 9.21 Å². The molecule has 9 heteroatoms. The zero-order valence-electron chi connectivity index (χ0n) is 14.4. The Morgan fingerprint density at radius 3 is 2.79 bits per heavy atom. The lowest BCUT2D eigenvalue weighted by Gasteiger charge is -2.11. The first-order valence-electron chi connectivity index (χ1n) is 8.36. The maximum Gasteiger partial charge on any atom is 0.420 e. The summed E-state index contributed by atoms with van der Waals surface area (Å²) >= 11 is 12.3. The lowest BCUT2D eigenvalue weighted by Crippen LogP contribution is -2.25. The second-order valence-electron chi connectivity index (χ2n) is 6.06. The van der Waals surface area contributed by atoms with Crippen molar-refractivity contribution in [2.45, 2.75) is 13.1 Å². The molecule has 28 heavy (non-hydrogen) atoms. The van der Waals surface area contributed by atoms with Crippen LogP contribution in [0.15, 0.2) is 63.9 Å². The van der Waals surface area contributed by atoms with Crippen LogP contribution in [0.3, 0.4) is 0 Å². The van der Waals surface area contributed by atoms with Gasteiger partial charge in [0.1, 0.15) is 12.4 Å². The molecule has 4 aromatic rings. The number of anilines is 1. The van der Waals surface area contributed by atoms with Crippen LogP contribution in [0, 0.1) is 0 Å². The summed E-state index contributed by atoms with van der Waals surface area (Å²) in [6.45, 7) is 0.148. The summed E-state index contributed by atoms with van der Waals surface area (Å²) in [5.74, 6) is -0.495. The Morgan fingerprint density at radius 1 is 1.11 bits per heavy atom. The predicted molar refractivity (Wildman–Crippen MR) is 107 cm³/mol. The number of oxazole rings is 1. The van der Waals surface area contributed by atoms with Crippen LogP contribution in [0.5, 0.6) is 0 Å². The molecule has 0 radical (unpaired) electrons. The quantitative estimate of drug-likeness (QED) is 0.536. The monoisotopic (exact) mass is 416 g/mol. The van der Waals surface area contributed by atoms with Gasteiger partial charge in [0.15, 0.2) is 5.58 Å². The van der Waals surface area contributed by atoms with Crippen molar-refractivity contribution in [3.05, 3.63) is 80.9 Å². The fourth-order valence-corrected chi connectivity index (χ4v) is 3.27. The van der Waals surface area contributed by atoms with E-state index in [9.17, 15) is 9.59 Å². The molecular weight excluding hydrogens is 403 g/mol. The Morgan fingerprint density at radius 2 is 1.93 bits per heavy atom. The summed E-state index contributed by atoms with van der Waals surface area (Å²) in [6, 6.07) is 13.9. The van der Waals surface area contributed by atoms with Crippen molar-refractivity contribution in [3.8, 4) is 0 Å². The minimum Gasteiger partial charge on any atom is -0.408 e. The molecule has 0 saturated carbocycles. The van der Waals surface area contributed by atoms with Crippen LogP contribution in [0.1, 0.15) is 5.56 Å². The smallest absolute Gasteiger partial charge is 0.408 e. The Labute approximate surface area is 169 Å². The molecule has 2 heterocycles. The molecule has 0 atom stereocenters. The fraction of sp³-hybridized carbons (Fsp3) is 0.105. The second-order valence-corrected chi connectivity index (χ2v) is 6.84. The van der Waals surface area contributed by atoms with Crippen LogP contribution < -0.4 is 11.1 Å². The molecule has 0 spiro atoms. The molecule has 2 aromatic carbocycles. The van der Waals surface area contributed by atoms with Gasteiger partial charge in [-0.1, -0.05) is 47.5 Å². The van der Waals surface area contributed by atoms with Crippen molar-refractivity contribution in [2.75, 3.05) is 5.32 Å². The summed E-state index contributed by atoms with van der Waals surface area (Å²) in [5, 5.41) is 7.86. The third kappa shape index (κ3) is 3.54. The molecule has 0 aliphatic carbocycles. The van der Waals surface area contributed by atoms with Crippen LogP contribution in [-0.2, 0) is 17.9 Å². The van der Waals surface area contributed by atoms with E-state index in [0.29, 0.717) is 33.5 Å². The van der Waals surface area contributed by atoms with E-state index < -0.39 is 5.76 Å². The maximum atomic E-state index is 12.5. The van der Waals surface area contributed by atoms with Gasteiger partial charge >= 0.3 is 5.76 Å². The molecule has 0 bridgehead atoms. The van der Waals surface area contributed by atoms with Crippen molar-refractivity contribution in [3.63, 3.8) is 0 Å². The Kier molecular flexibility index (Phi) is 4.93. The van der Waals surface area contributed by atoms with Crippen LogP contribution in [-0.4, -0.2) is 20.3 Å². The summed E-state index contributed by atoms with van der Waals surface area (Å²) in [7, 11) is 0. The first-order valence-corrected chi connectivity index (χ1v) is 9.11. The van der Waals surface area contributed by atoms with Crippen molar-refractivity contribution in [1.29, 1.82) is 0 Å². The Hall–Kier alpha value is -3.03. The fourth-order valence-electron chi connectivity index (χ4n) is 2.89. The van der Waals surface area contributed by atoms with E-state index >= 15 is 0 Å². The molecule has 1 N–H and O–H groups in total. The van der Waals surface area contributed by atoms with E-state index in [1.54, 1.807) is 53.3 Å². The van der Waals surface area contributed by atoms with Crippen LogP contribution in [0.4, 0.5) is 5.82 Å². The standard InChI is InChI=1S/C19H14Cl2N4O3/c20-13-5-3-4-12(18(13)21)10-25-16(8-9-22-25)23-17(26)11-24-14-6-1-2-7-15(14)28-19(24)27/h1-9H,10-11H2,(H,23,26). The van der Waals surface area contributed by atoms with Gasteiger partial charge in [0.25, 0.3) is 0 Å². The topological polar surface area (TPSA) is 82.1 Å². The molecular formula is C19H14Cl2N4O3. The number of carbonyl (C=O) groups is 1. The zero-order chi connectivity index (χ0) is 19.7. The van der Waals surface area contributed by atoms with E-state index in [0.717, 1.165) is 5.56 Å². The van der Waals surface area contributed by atoms with Gasteiger partial charge in [-0.25, -0.2) is 9.48 Å². The van der Waals surface area contributed by atoms with Crippen LogP contribution in [0.2, 0.25) is 10.0 Å². The van der Waals surface area contributed by atoms with Gasteiger partial charge in [0, 0.05) is 6.07 Å². The summed E-state index contributed by atoms with van der Waals surface area (Å²) in [4.78, 5) is 24.5. The highest BCUT2D eigenvalue weighted by Gasteiger charge is 2.14. The summed E-state index contributed by atoms with van der Waals surface area (Å²) in [6.07, 6.45) is 1.56. The largest absolute Gasteiger partial charge is 0.420 e. The highest BCUT2D eigenvalue weighted by atomic mass is 35.5. The van der Waals surface area contributed by atoms with Gasteiger partial charge in [-0.2, -0.15) is 5.10 Å². The molecule has 142 valence electrons. The second kappa shape index (κ2) is 7.53. The molecule has 7 nitrogen and oxygen atoms in total. The molecule has 0 aliphatic heterocycles. The van der Waals surface area contributed by atoms with E-state index in [4.69, 9.17) is 27.6 Å².